The Bertz CT molecular complexity index is 641. The molecule has 2 aliphatic carbocycles. The van der Waals surface area contributed by atoms with Gasteiger partial charge in [0.1, 0.15) is 0 Å². The molecule has 0 amide bonds. The van der Waals surface area contributed by atoms with Crippen molar-refractivity contribution in [3.63, 3.8) is 0 Å². The van der Waals surface area contributed by atoms with Gasteiger partial charge in [-0.15, -0.1) is 0 Å². The first kappa shape index (κ1) is 11.3. The Morgan fingerprint density at radius 2 is 1.78 bits per heavy atom. The molecule has 0 atom stereocenters. The van der Waals surface area contributed by atoms with Crippen molar-refractivity contribution in [1.82, 2.24) is 4.98 Å². The molecule has 1 nitrogen and oxygen atoms in total. The smallest absolute Gasteiger partial charge is 0.0500 e. The van der Waals surface area contributed by atoms with Crippen molar-refractivity contribution in [2.24, 2.45) is 0 Å². The highest BCUT2D eigenvalue weighted by molar-refractivity contribution is 5.97. The second-order valence-corrected chi connectivity index (χ2v) is 4.63. The summed E-state index contributed by atoms with van der Waals surface area (Å²) in [5.41, 5.74) is 7.12. The largest absolute Gasteiger partial charge is 0.354 e. The average Bonchev–Trinajstić information content (AvgIpc) is 2.97. The lowest BCUT2D eigenvalue weighted by molar-refractivity contribution is 1.02. The fraction of sp³-hybridized carbons (Fsp3) is 0.294. The van der Waals surface area contributed by atoms with Gasteiger partial charge in [0, 0.05) is 23.0 Å². The molecule has 0 bridgehead atoms. The van der Waals surface area contributed by atoms with Crippen LogP contribution in [-0.4, -0.2) is 4.98 Å². The van der Waals surface area contributed by atoms with Gasteiger partial charge in [-0.2, -0.15) is 0 Å². The van der Waals surface area contributed by atoms with Gasteiger partial charge in [0.15, 0.2) is 0 Å². The third kappa shape index (κ3) is 1.54. The Morgan fingerprint density at radius 3 is 2.67 bits per heavy atom. The number of fused-ring (bicyclic) bond motifs is 5. The molecular weight excluding hydrogens is 218 g/mol. The lowest BCUT2D eigenvalue weighted by Gasteiger charge is -2.07. The first-order valence-electron chi connectivity index (χ1n) is 6.93. The van der Waals surface area contributed by atoms with Crippen LogP contribution >= 0.6 is 0 Å². The highest BCUT2D eigenvalue weighted by Crippen LogP contribution is 2.42. The third-order valence-electron chi connectivity index (χ3n) is 3.70. The molecule has 4 rings (SSSR count). The summed E-state index contributed by atoms with van der Waals surface area (Å²) in [6, 6.07) is 8.62. The molecule has 0 aliphatic heterocycles. The van der Waals surface area contributed by atoms with E-state index in [1.807, 2.05) is 13.8 Å². The number of hydrogen-bond acceptors (Lipinski definition) is 0. The molecule has 1 N–H and O–H groups in total. The summed E-state index contributed by atoms with van der Waals surface area (Å²) in [5.74, 6) is 0. The molecule has 1 aromatic heterocycles. The molecular formula is C17H19N. The molecule has 0 unspecified atom stereocenters. The van der Waals surface area contributed by atoms with E-state index in [0.29, 0.717) is 0 Å². The Hall–Kier alpha value is -1.76. The van der Waals surface area contributed by atoms with Gasteiger partial charge in [-0.1, -0.05) is 44.2 Å². The van der Waals surface area contributed by atoms with Crippen molar-refractivity contribution in [3.8, 4) is 0 Å². The predicted molar refractivity (Wildman–Crippen MR) is 78.6 cm³/mol. The molecule has 0 saturated carbocycles. The normalized spacial score (nSPS) is 16.3. The van der Waals surface area contributed by atoms with Gasteiger partial charge in [-0.05, 0) is 35.6 Å². The zero-order valence-corrected chi connectivity index (χ0v) is 11.1. The van der Waals surface area contributed by atoms with Gasteiger partial charge in [0.25, 0.3) is 0 Å². The summed E-state index contributed by atoms with van der Waals surface area (Å²) in [5, 5.41) is 1.40. The molecule has 1 aromatic carbocycles. The SMILES string of the molecule is C1=C2Cc3c([nH]c4ccccc34)C2=CCC1.CC. The van der Waals surface area contributed by atoms with E-state index in [-0.39, 0.29) is 0 Å². The molecule has 0 fully saturated rings. The number of para-hydroxylation sites is 1. The Kier molecular flexibility index (Phi) is 2.83. The lowest BCUT2D eigenvalue weighted by Crippen LogP contribution is -1.89. The zero-order chi connectivity index (χ0) is 12.5. The maximum absolute atomic E-state index is 3.57. The van der Waals surface area contributed by atoms with Gasteiger partial charge in [0.05, 0.1) is 0 Å². The molecule has 0 saturated heterocycles. The van der Waals surface area contributed by atoms with Crippen LogP contribution in [-0.2, 0) is 6.42 Å². The first-order chi connectivity index (χ1) is 8.93. The molecule has 18 heavy (non-hydrogen) atoms. The summed E-state index contributed by atoms with van der Waals surface area (Å²) in [6.45, 7) is 4.00. The van der Waals surface area contributed by atoms with Gasteiger partial charge >= 0.3 is 0 Å². The molecule has 2 aliphatic rings. The van der Waals surface area contributed by atoms with E-state index in [1.54, 1.807) is 0 Å². The van der Waals surface area contributed by atoms with Gasteiger partial charge < -0.3 is 4.98 Å². The Morgan fingerprint density at radius 1 is 1.00 bits per heavy atom. The predicted octanol–water partition coefficient (Wildman–Crippen LogP) is 4.85. The van der Waals surface area contributed by atoms with Crippen molar-refractivity contribution >= 4 is 16.5 Å². The number of allylic oxidation sites excluding steroid dienone is 4. The van der Waals surface area contributed by atoms with E-state index in [1.165, 1.54) is 46.1 Å². The maximum atomic E-state index is 3.57. The van der Waals surface area contributed by atoms with Crippen LogP contribution in [0.3, 0.4) is 0 Å². The highest BCUT2D eigenvalue weighted by atomic mass is 14.7. The molecule has 0 radical (unpaired) electrons. The lowest BCUT2D eigenvalue weighted by atomic mass is 10.00. The number of H-pyrrole nitrogens is 1. The van der Waals surface area contributed by atoms with Crippen LogP contribution in [0.4, 0.5) is 0 Å². The fourth-order valence-corrected chi connectivity index (χ4v) is 2.96. The van der Waals surface area contributed by atoms with Crippen molar-refractivity contribution in [2.75, 3.05) is 0 Å². The van der Waals surface area contributed by atoms with E-state index >= 15 is 0 Å². The van der Waals surface area contributed by atoms with Crippen LogP contribution < -0.4 is 0 Å². The Balaban J connectivity index is 0.000000478. The van der Waals surface area contributed by atoms with E-state index in [9.17, 15) is 0 Å². The topological polar surface area (TPSA) is 15.8 Å². The van der Waals surface area contributed by atoms with Gasteiger partial charge in [-0.3, -0.25) is 0 Å². The molecule has 0 spiro atoms. The zero-order valence-electron chi connectivity index (χ0n) is 11.1. The summed E-state index contributed by atoms with van der Waals surface area (Å²) in [6.07, 6.45) is 8.30. The highest BCUT2D eigenvalue weighted by Gasteiger charge is 2.25. The van der Waals surface area contributed by atoms with Crippen LogP contribution in [0.15, 0.2) is 42.0 Å². The minimum atomic E-state index is 1.12. The summed E-state index contributed by atoms with van der Waals surface area (Å²) >= 11 is 0. The Labute approximate surface area is 108 Å². The van der Waals surface area contributed by atoms with Gasteiger partial charge in [0.2, 0.25) is 0 Å². The monoisotopic (exact) mass is 237 g/mol. The number of nitrogens with one attached hydrogen (secondary N) is 1. The summed E-state index contributed by atoms with van der Waals surface area (Å²) in [4.78, 5) is 3.57. The number of benzene rings is 1. The van der Waals surface area contributed by atoms with Gasteiger partial charge in [-0.25, -0.2) is 0 Å². The quantitative estimate of drug-likeness (QED) is 0.674. The first-order valence-corrected chi connectivity index (χ1v) is 6.93. The van der Waals surface area contributed by atoms with Crippen LogP contribution in [0.1, 0.15) is 37.9 Å². The molecule has 1 heteroatoms. The summed E-state index contributed by atoms with van der Waals surface area (Å²) in [7, 11) is 0. The van der Waals surface area contributed by atoms with Crippen LogP contribution in [0.5, 0.6) is 0 Å². The standard InChI is InChI=1S/C15H13N.C2H6/c1-2-6-11-10(5-1)9-13-12-7-3-4-8-14(12)16-15(11)13;1-2/h3-8,16H,1-2,9H2;1-2H3. The number of aromatic nitrogens is 1. The van der Waals surface area contributed by atoms with Crippen LogP contribution in [0.25, 0.3) is 16.5 Å². The number of rotatable bonds is 0. The maximum Gasteiger partial charge on any atom is 0.0500 e. The van der Waals surface area contributed by atoms with Crippen molar-refractivity contribution in [2.45, 2.75) is 33.1 Å². The molecule has 2 aromatic rings. The van der Waals surface area contributed by atoms with Crippen LogP contribution in [0.2, 0.25) is 0 Å². The fourth-order valence-electron chi connectivity index (χ4n) is 2.96. The molecule has 92 valence electrons. The number of hydrogen-bond donors (Lipinski definition) is 1. The molecule has 1 heterocycles. The van der Waals surface area contributed by atoms with Crippen LogP contribution in [0, 0.1) is 0 Å². The minimum Gasteiger partial charge on any atom is -0.354 e. The van der Waals surface area contributed by atoms with Crippen molar-refractivity contribution in [1.29, 1.82) is 0 Å². The van der Waals surface area contributed by atoms with E-state index in [4.69, 9.17) is 0 Å². The van der Waals surface area contributed by atoms with E-state index in [0.717, 1.165) is 6.42 Å². The van der Waals surface area contributed by atoms with Crippen molar-refractivity contribution in [3.05, 3.63) is 53.2 Å². The van der Waals surface area contributed by atoms with Crippen molar-refractivity contribution < 1.29 is 0 Å². The minimum absolute atomic E-state index is 1.12. The van der Waals surface area contributed by atoms with E-state index in [2.05, 4.69) is 41.4 Å². The second-order valence-electron chi connectivity index (χ2n) is 4.63. The third-order valence-corrected chi connectivity index (χ3v) is 3.70. The summed E-state index contributed by atoms with van der Waals surface area (Å²) < 4.78 is 0. The second kappa shape index (κ2) is 4.49. The number of aromatic amines is 1. The average molecular weight is 237 g/mol. The van der Waals surface area contributed by atoms with E-state index < -0.39 is 0 Å².